The van der Waals surface area contributed by atoms with Crippen LogP contribution in [0.3, 0.4) is 0 Å². The minimum Gasteiger partial charge on any atom is -0.384 e. The van der Waals surface area contributed by atoms with E-state index in [1.807, 2.05) is 30.8 Å². The molecule has 31 heavy (non-hydrogen) atoms. The summed E-state index contributed by atoms with van der Waals surface area (Å²) in [7, 11) is 0. The molecule has 7 heteroatoms. The second-order valence-corrected chi connectivity index (χ2v) is 7.89. The number of allylic oxidation sites excluding steroid dienone is 1. The van der Waals surface area contributed by atoms with Crippen molar-refractivity contribution >= 4 is 22.9 Å². The molecule has 0 radical (unpaired) electrons. The van der Waals surface area contributed by atoms with Crippen molar-refractivity contribution in [3.8, 4) is 0 Å². The monoisotopic (exact) mass is 415 g/mol. The molecule has 0 atom stereocenters. The van der Waals surface area contributed by atoms with E-state index >= 15 is 0 Å². The van der Waals surface area contributed by atoms with Crippen LogP contribution in [0.4, 0.5) is 17.2 Å². The van der Waals surface area contributed by atoms with Crippen LogP contribution < -0.4 is 10.2 Å². The summed E-state index contributed by atoms with van der Waals surface area (Å²) in [5.41, 5.74) is 7.14. The fourth-order valence-electron chi connectivity index (χ4n) is 3.81. The number of nitrogens with zero attached hydrogens (tertiary/aromatic N) is 6. The van der Waals surface area contributed by atoms with E-state index in [2.05, 4.69) is 57.0 Å². The predicted molar refractivity (Wildman–Crippen MR) is 125 cm³/mol. The highest BCUT2D eigenvalue weighted by molar-refractivity contribution is 5.99. The fraction of sp³-hybridized carbons (Fsp3) is 0.333. The lowest BCUT2D eigenvalue weighted by Crippen LogP contribution is -2.20. The number of aryl methyl sites for hydroxylation is 3. The van der Waals surface area contributed by atoms with Crippen molar-refractivity contribution in [2.75, 3.05) is 18.0 Å². The minimum atomic E-state index is 0.799. The van der Waals surface area contributed by atoms with Crippen LogP contribution in [0, 0.1) is 13.8 Å². The molecule has 0 amide bonds. The van der Waals surface area contributed by atoms with Gasteiger partial charge in [-0.25, -0.2) is 15.0 Å². The number of nitrogens with one attached hydrogen (secondary N) is 1. The summed E-state index contributed by atoms with van der Waals surface area (Å²) >= 11 is 0. The summed E-state index contributed by atoms with van der Waals surface area (Å²) in [4.78, 5) is 16.1. The molecule has 7 nitrogen and oxygen atoms in total. The Labute approximate surface area is 183 Å². The van der Waals surface area contributed by atoms with E-state index in [1.165, 1.54) is 16.8 Å². The molecular weight excluding hydrogens is 386 g/mol. The van der Waals surface area contributed by atoms with Gasteiger partial charge in [0.2, 0.25) is 0 Å². The molecule has 0 saturated carbocycles. The van der Waals surface area contributed by atoms with Crippen LogP contribution in [-0.4, -0.2) is 38.5 Å². The first-order chi connectivity index (χ1) is 15.0. The largest absolute Gasteiger partial charge is 0.384 e. The lowest BCUT2D eigenvalue weighted by atomic mass is 10.1. The quantitative estimate of drug-likeness (QED) is 0.439. The Kier molecular flexibility index (Phi) is 6.11. The molecule has 1 aromatic carbocycles. The van der Waals surface area contributed by atoms with Gasteiger partial charge in [-0.3, -0.25) is 4.68 Å². The molecule has 3 aromatic rings. The summed E-state index contributed by atoms with van der Waals surface area (Å²) in [6, 6.07) is 8.52. The molecular formula is C24H29N7. The van der Waals surface area contributed by atoms with Gasteiger partial charge in [0.25, 0.3) is 0 Å². The van der Waals surface area contributed by atoms with E-state index in [1.54, 1.807) is 12.5 Å². The van der Waals surface area contributed by atoms with E-state index in [4.69, 9.17) is 4.99 Å². The minimum absolute atomic E-state index is 0.799. The molecule has 2 aromatic heterocycles. The van der Waals surface area contributed by atoms with E-state index in [0.29, 0.717) is 0 Å². The van der Waals surface area contributed by atoms with Gasteiger partial charge in [0.1, 0.15) is 12.0 Å². The van der Waals surface area contributed by atoms with Gasteiger partial charge in [0.05, 0.1) is 11.4 Å². The van der Waals surface area contributed by atoms with Gasteiger partial charge in [-0.1, -0.05) is 24.3 Å². The SMILES string of the molecule is C=C(NCCCn1cccn1)C(C)=Nc1c(C)ncnc1N1CCc2cc(C)ccc21. The van der Waals surface area contributed by atoms with Crippen molar-refractivity contribution in [3.05, 3.63) is 72.1 Å². The molecule has 0 saturated heterocycles. The topological polar surface area (TPSA) is 71.2 Å². The Morgan fingerprint density at radius 2 is 2.13 bits per heavy atom. The van der Waals surface area contributed by atoms with Crippen LogP contribution in [0.2, 0.25) is 0 Å². The van der Waals surface area contributed by atoms with E-state index in [0.717, 1.165) is 61.1 Å². The maximum Gasteiger partial charge on any atom is 0.162 e. The van der Waals surface area contributed by atoms with Gasteiger partial charge < -0.3 is 10.2 Å². The average molecular weight is 416 g/mol. The second-order valence-electron chi connectivity index (χ2n) is 7.89. The first-order valence-corrected chi connectivity index (χ1v) is 10.7. The van der Waals surface area contributed by atoms with Gasteiger partial charge >= 0.3 is 0 Å². The number of rotatable bonds is 8. The Morgan fingerprint density at radius 3 is 2.94 bits per heavy atom. The number of anilines is 2. The maximum absolute atomic E-state index is 4.89. The molecule has 1 aliphatic rings. The lowest BCUT2D eigenvalue weighted by molar-refractivity contribution is 0.566. The molecule has 1 aliphatic heterocycles. The Hall–Kier alpha value is -3.48. The van der Waals surface area contributed by atoms with E-state index in [-0.39, 0.29) is 0 Å². The van der Waals surface area contributed by atoms with Crippen LogP contribution >= 0.6 is 0 Å². The third-order valence-electron chi connectivity index (χ3n) is 5.55. The zero-order valence-corrected chi connectivity index (χ0v) is 18.5. The van der Waals surface area contributed by atoms with E-state index < -0.39 is 0 Å². The highest BCUT2D eigenvalue weighted by Crippen LogP contribution is 2.39. The summed E-state index contributed by atoms with van der Waals surface area (Å²) < 4.78 is 1.93. The summed E-state index contributed by atoms with van der Waals surface area (Å²) in [6.45, 7) is 12.8. The van der Waals surface area contributed by atoms with Crippen molar-refractivity contribution in [1.82, 2.24) is 25.1 Å². The molecule has 1 N–H and O–H groups in total. The second kappa shape index (κ2) is 9.12. The molecule has 0 spiro atoms. The number of benzene rings is 1. The molecule has 0 unspecified atom stereocenters. The summed E-state index contributed by atoms with van der Waals surface area (Å²) in [5, 5.41) is 7.60. The van der Waals surface area contributed by atoms with E-state index in [9.17, 15) is 0 Å². The Balaban J connectivity index is 1.49. The first-order valence-electron chi connectivity index (χ1n) is 10.7. The maximum atomic E-state index is 4.89. The molecule has 0 fully saturated rings. The molecule has 160 valence electrons. The molecule has 3 heterocycles. The standard InChI is InChI=1S/C24H29N7/c1-17-7-8-22-21(15-17)9-14-31(22)24-23(20(4)26-16-27-24)29-19(3)18(2)25-10-5-12-30-13-6-11-28-30/h6-8,11,13,15-16,25H,2,5,9-10,12,14H2,1,3-4H3. The smallest absolute Gasteiger partial charge is 0.162 e. The summed E-state index contributed by atoms with van der Waals surface area (Å²) in [5.74, 6) is 0.848. The van der Waals surface area contributed by atoms with Gasteiger partial charge in [-0.2, -0.15) is 5.10 Å². The predicted octanol–water partition coefficient (Wildman–Crippen LogP) is 4.27. The van der Waals surface area contributed by atoms with Gasteiger partial charge in [0, 0.05) is 43.4 Å². The Morgan fingerprint density at radius 1 is 1.26 bits per heavy atom. The zero-order chi connectivity index (χ0) is 21.8. The van der Waals surface area contributed by atoms with Crippen LogP contribution in [-0.2, 0) is 13.0 Å². The Bertz CT molecular complexity index is 1100. The molecule has 0 bridgehead atoms. The van der Waals surface area contributed by atoms with Crippen molar-refractivity contribution in [1.29, 1.82) is 0 Å². The number of fused-ring (bicyclic) bond motifs is 1. The van der Waals surface area contributed by atoms with Crippen molar-refractivity contribution < 1.29 is 0 Å². The van der Waals surface area contributed by atoms with Gasteiger partial charge in [-0.05, 0) is 51.3 Å². The molecule has 0 aliphatic carbocycles. The molecule has 4 rings (SSSR count). The normalized spacial score (nSPS) is 13.4. The van der Waals surface area contributed by atoms with Crippen molar-refractivity contribution in [2.45, 2.75) is 40.2 Å². The van der Waals surface area contributed by atoms with Crippen molar-refractivity contribution in [3.63, 3.8) is 0 Å². The van der Waals surface area contributed by atoms with Crippen LogP contribution in [0.25, 0.3) is 0 Å². The third kappa shape index (κ3) is 4.66. The zero-order valence-electron chi connectivity index (χ0n) is 18.5. The summed E-state index contributed by atoms with van der Waals surface area (Å²) in [6.07, 6.45) is 7.35. The number of hydrogen-bond donors (Lipinski definition) is 1. The van der Waals surface area contributed by atoms with Crippen LogP contribution in [0.1, 0.15) is 30.2 Å². The lowest BCUT2D eigenvalue weighted by Gasteiger charge is -2.21. The van der Waals surface area contributed by atoms with Crippen LogP contribution in [0.15, 0.2) is 60.3 Å². The van der Waals surface area contributed by atoms with Gasteiger partial charge in [0.15, 0.2) is 5.82 Å². The van der Waals surface area contributed by atoms with Gasteiger partial charge in [-0.15, -0.1) is 0 Å². The highest BCUT2D eigenvalue weighted by atomic mass is 15.3. The third-order valence-corrected chi connectivity index (χ3v) is 5.55. The van der Waals surface area contributed by atoms with Crippen molar-refractivity contribution in [2.24, 2.45) is 4.99 Å². The average Bonchev–Trinajstić information content (AvgIpc) is 3.42. The number of aliphatic imine (C=N–C) groups is 1. The van der Waals surface area contributed by atoms with Crippen LogP contribution in [0.5, 0.6) is 0 Å². The first kappa shape index (κ1) is 20.8. The number of hydrogen-bond acceptors (Lipinski definition) is 6. The highest BCUT2D eigenvalue weighted by Gasteiger charge is 2.24. The fourth-order valence-corrected chi connectivity index (χ4v) is 3.81. The number of aromatic nitrogens is 4.